The Morgan fingerprint density at radius 3 is 2.55 bits per heavy atom. The molecule has 0 unspecified atom stereocenters. The van der Waals surface area contributed by atoms with E-state index in [4.69, 9.17) is 0 Å². The maximum absolute atomic E-state index is 14.7. The lowest BCUT2D eigenvalue weighted by molar-refractivity contribution is -0.132. The largest absolute Gasteiger partial charge is 0.342 e. The van der Waals surface area contributed by atoms with Crippen molar-refractivity contribution >= 4 is 11.7 Å². The van der Waals surface area contributed by atoms with Gasteiger partial charge < -0.3 is 4.90 Å². The Balaban J connectivity index is 1.40. The normalized spacial score (nSPS) is 16.2. The van der Waals surface area contributed by atoms with Gasteiger partial charge in [-0.1, -0.05) is 42.5 Å². The van der Waals surface area contributed by atoms with Gasteiger partial charge in [0.1, 0.15) is 5.82 Å². The third-order valence-electron chi connectivity index (χ3n) is 5.86. The van der Waals surface area contributed by atoms with Crippen LogP contribution in [0.25, 0.3) is 11.1 Å². The molecule has 4 rings (SSSR count). The summed E-state index contributed by atoms with van der Waals surface area (Å²) in [5.41, 5.74) is 2.70. The Labute approximate surface area is 181 Å². The van der Waals surface area contributed by atoms with Crippen molar-refractivity contribution in [3.05, 3.63) is 90.0 Å². The summed E-state index contributed by atoms with van der Waals surface area (Å²) >= 11 is 0. The zero-order valence-electron chi connectivity index (χ0n) is 17.3. The molecule has 1 amide bonds. The van der Waals surface area contributed by atoms with Crippen LogP contribution >= 0.6 is 0 Å². The van der Waals surface area contributed by atoms with E-state index in [1.165, 1.54) is 6.07 Å². The number of halogens is 1. The first-order chi connectivity index (χ1) is 15.1. The van der Waals surface area contributed by atoms with Gasteiger partial charge in [-0.05, 0) is 48.6 Å². The lowest BCUT2D eigenvalue weighted by Gasteiger charge is -2.32. The summed E-state index contributed by atoms with van der Waals surface area (Å²) in [7, 11) is 0. The molecule has 3 aromatic rings. The number of amides is 1. The molecular weight excluding hydrogens is 391 g/mol. The predicted molar refractivity (Wildman–Crippen MR) is 118 cm³/mol. The Hall–Kier alpha value is -3.34. The Morgan fingerprint density at radius 1 is 1.03 bits per heavy atom. The van der Waals surface area contributed by atoms with Crippen molar-refractivity contribution < 1.29 is 14.0 Å². The second-order valence-corrected chi connectivity index (χ2v) is 7.96. The third kappa shape index (κ3) is 5.05. The highest BCUT2D eigenvalue weighted by molar-refractivity contribution is 5.98. The lowest BCUT2D eigenvalue weighted by Crippen LogP contribution is -2.42. The van der Waals surface area contributed by atoms with Crippen LogP contribution in [0.2, 0.25) is 0 Å². The van der Waals surface area contributed by atoms with Crippen LogP contribution in [-0.2, 0) is 11.2 Å². The van der Waals surface area contributed by atoms with Crippen molar-refractivity contribution in [3.8, 4) is 11.1 Å². The van der Waals surface area contributed by atoms with Gasteiger partial charge in [0.2, 0.25) is 5.91 Å². The minimum Gasteiger partial charge on any atom is -0.342 e. The number of piperidine rings is 1. The molecule has 1 saturated heterocycles. The van der Waals surface area contributed by atoms with Gasteiger partial charge in [0.15, 0.2) is 5.78 Å². The van der Waals surface area contributed by atoms with Gasteiger partial charge in [0.25, 0.3) is 0 Å². The number of hydrogen-bond donors (Lipinski definition) is 0. The summed E-state index contributed by atoms with van der Waals surface area (Å²) < 4.78 is 14.7. The van der Waals surface area contributed by atoms with Crippen LogP contribution in [0.1, 0.15) is 35.2 Å². The first-order valence-electron chi connectivity index (χ1n) is 10.7. The second-order valence-electron chi connectivity index (χ2n) is 7.96. The average molecular weight is 416 g/mol. The highest BCUT2D eigenvalue weighted by atomic mass is 19.1. The molecule has 1 aliphatic heterocycles. The molecule has 0 bridgehead atoms. The fourth-order valence-corrected chi connectivity index (χ4v) is 4.13. The van der Waals surface area contributed by atoms with Gasteiger partial charge >= 0.3 is 0 Å². The molecule has 158 valence electrons. The van der Waals surface area contributed by atoms with Crippen LogP contribution in [0.15, 0.2) is 73.1 Å². The molecule has 1 atom stereocenters. The smallest absolute Gasteiger partial charge is 0.222 e. The minimum absolute atomic E-state index is 0.0555. The van der Waals surface area contributed by atoms with E-state index in [0.29, 0.717) is 37.1 Å². The number of aryl methyl sites for hydroxylation is 1. The summed E-state index contributed by atoms with van der Waals surface area (Å²) in [4.78, 5) is 31.5. The molecule has 0 spiro atoms. The van der Waals surface area contributed by atoms with Crippen molar-refractivity contribution in [2.24, 2.45) is 5.92 Å². The first-order valence-corrected chi connectivity index (χ1v) is 10.7. The molecule has 1 fully saturated rings. The van der Waals surface area contributed by atoms with Gasteiger partial charge in [-0.15, -0.1) is 0 Å². The highest BCUT2D eigenvalue weighted by Gasteiger charge is 2.29. The van der Waals surface area contributed by atoms with Crippen molar-refractivity contribution in [1.82, 2.24) is 9.88 Å². The minimum atomic E-state index is -0.404. The zero-order chi connectivity index (χ0) is 21.6. The van der Waals surface area contributed by atoms with Crippen LogP contribution in [-0.4, -0.2) is 34.7 Å². The van der Waals surface area contributed by atoms with E-state index < -0.39 is 5.82 Å². The lowest BCUT2D eigenvalue weighted by atomic mass is 9.89. The standard InChI is InChI=1S/C26H25FN2O2/c27-24-17-21(9-10-23(24)20-5-2-1-3-6-20)26(31)22-7-4-16-29(18-22)25(30)11-8-19-12-14-28-15-13-19/h1-3,5-6,9-10,12-15,17,22H,4,7-8,11,16,18H2/t22-/m0/s1. The van der Waals surface area contributed by atoms with E-state index in [1.54, 1.807) is 29.4 Å². The van der Waals surface area contributed by atoms with Crippen LogP contribution < -0.4 is 0 Å². The zero-order valence-corrected chi connectivity index (χ0v) is 17.3. The number of pyridine rings is 1. The fraction of sp³-hybridized carbons (Fsp3) is 0.269. The van der Waals surface area contributed by atoms with Crippen LogP contribution in [0.5, 0.6) is 0 Å². The molecular formula is C26H25FN2O2. The average Bonchev–Trinajstić information content (AvgIpc) is 2.83. The topological polar surface area (TPSA) is 50.3 Å². The SMILES string of the molecule is O=C(c1ccc(-c2ccccc2)c(F)c1)[C@H]1CCCN(C(=O)CCc2ccncc2)C1. The molecule has 0 N–H and O–H groups in total. The number of hydrogen-bond acceptors (Lipinski definition) is 3. The Kier molecular flexibility index (Phi) is 6.51. The van der Waals surface area contributed by atoms with Gasteiger partial charge in [-0.2, -0.15) is 0 Å². The number of Topliss-reactive ketones (excluding diaryl/α,β-unsaturated/α-hetero) is 1. The molecule has 4 nitrogen and oxygen atoms in total. The third-order valence-corrected chi connectivity index (χ3v) is 5.86. The van der Waals surface area contributed by atoms with E-state index in [9.17, 15) is 14.0 Å². The Bertz CT molecular complexity index is 1050. The van der Waals surface area contributed by atoms with E-state index in [0.717, 1.165) is 24.0 Å². The van der Waals surface area contributed by atoms with Gasteiger partial charge in [0, 0.05) is 48.9 Å². The first kappa shape index (κ1) is 20.9. The van der Waals surface area contributed by atoms with Crippen molar-refractivity contribution in [2.75, 3.05) is 13.1 Å². The molecule has 1 aromatic heterocycles. The maximum atomic E-state index is 14.7. The van der Waals surface area contributed by atoms with Crippen molar-refractivity contribution in [3.63, 3.8) is 0 Å². The van der Waals surface area contributed by atoms with Crippen molar-refractivity contribution in [1.29, 1.82) is 0 Å². The number of nitrogens with zero attached hydrogens (tertiary/aromatic N) is 2. The van der Waals surface area contributed by atoms with Crippen LogP contribution in [0, 0.1) is 11.7 Å². The summed E-state index contributed by atoms with van der Waals surface area (Å²) in [6.07, 6.45) is 6.00. The summed E-state index contributed by atoms with van der Waals surface area (Å²) in [6, 6.07) is 17.8. The Morgan fingerprint density at radius 2 is 1.81 bits per heavy atom. The van der Waals surface area contributed by atoms with Gasteiger partial charge in [-0.3, -0.25) is 14.6 Å². The number of carbonyl (C=O) groups excluding carboxylic acids is 2. The summed E-state index contributed by atoms with van der Waals surface area (Å²) in [5, 5.41) is 0. The van der Waals surface area contributed by atoms with Gasteiger partial charge in [0.05, 0.1) is 0 Å². The van der Waals surface area contributed by atoms with E-state index in [-0.39, 0.29) is 17.6 Å². The second kappa shape index (κ2) is 9.65. The molecule has 2 heterocycles. The quantitative estimate of drug-likeness (QED) is 0.535. The number of likely N-dealkylation sites (tertiary alicyclic amines) is 1. The molecule has 31 heavy (non-hydrogen) atoms. The number of aromatic nitrogens is 1. The van der Waals surface area contributed by atoms with E-state index in [2.05, 4.69) is 4.98 Å². The molecule has 0 radical (unpaired) electrons. The molecule has 2 aromatic carbocycles. The molecule has 0 aliphatic carbocycles. The van der Waals surface area contributed by atoms with Crippen LogP contribution in [0.4, 0.5) is 4.39 Å². The monoisotopic (exact) mass is 416 g/mol. The number of carbonyl (C=O) groups is 2. The molecule has 0 saturated carbocycles. The number of ketones is 1. The van der Waals surface area contributed by atoms with Gasteiger partial charge in [-0.25, -0.2) is 4.39 Å². The summed E-state index contributed by atoms with van der Waals surface area (Å²) in [5.74, 6) is -0.733. The predicted octanol–water partition coefficient (Wildman–Crippen LogP) is 4.94. The fourth-order valence-electron chi connectivity index (χ4n) is 4.13. The number of benzene rings is 2. The van der Waals surface area contributed by atoms with E-state index in [1.807, 2.05) is 42.5 Å². The number of rotatable bonds is 6. The molecule has 1 aliphatic rings. The van der Waals surface area contributed by atoms with Crippen LogP contribution in [0.3, 0.4) is 0 Å². The van der Waals surface area contributed by atoms with E-state index >= 15 is 0 Å². The summed E-state index contributed by atoms with van der Waals surface area (Å²) in [6.45, 7) is 1.07. The maximum Gasteiger partial charge on any atom is 0.222 e. The highest BCUT2D eigenvalue weighted by Crippen LogP contribution is 2.26. The van der Waals surface area contributed by atoms with Crippen molar-refractivity contribution in [2.45, 2.75) is 25.7 Å². The molecule has 5 heteroatoms.